The Balaban J connectivity index is 3.59. The molecule has 76 valence electrons. The summed E-state index contributed by atoms with van der Waals surface area (Å²) in [4.78, 5) is 22.5. The van der Waals surface area contributed by atoms with Crippen LogP contribution in [0.1, 0.15) is 19.8 Å². The van der Waals surface area contributed by atoms with Gasteiger partial charge in [-0.05, 0) is 19.5 Å². The van der Waals surface area contributed by atoms with Gasteiger partial charge in [-0.15, -0.1) is 0 Å². The van der Waals surface area contributed by atoms with E-state index in [2.05, 4.69) is 0 Å². The van der Waals surface area contributed by atoms with Crippen LogP contribution >= 0.6 is 0 Å². The fourth-order valence-corrected chi connectivity index (χ4v) is 1.02. The van der Waals surface area contributed by atoms with Crippen LogP contribution in [0.3, 0.4) is 0 Å². The number of carboxylic acid groups (broad SMARTS) is 1. The molecule has 0 spiro atoms. The number of nitrogens with two attached hydrogens (primary N) is 1. The zero-order valence-corrected chi connectivity index (χ0v) is 7.82. The minimum absolute atomic E-state index is 0.134. The summed E-state index contributed by atoms with van der Waals surface area (Å²) < 4.78 is 0. The number of aliphatic carboxylic acids is 1. The van der Waals surface area contributed by atoms with Gasteiger partial charge < -0.3 is 10.8 Å². The van der Waals surface area contributed by atoms with Gasteiger partial charge in [0.15, 0.2) is 0 Å². The molecule has 0 aromatic heterocycles. The Labute approximate surface area is 77.5 Å². The molecule has 3 N–H and O–H groups in total. The molecule has 0 atom stereocenters. The van der Waals surface area contributed by atoms with Crippen molar-refractivity contribution in [3.05, 3.63) is 0 Å². The van der Waals surface area contributed by atoms with E-state index in [1.807, 2.05) is 11.8 Å². The number of rotatable bonds is 7. The lowest BCUT2D eigenvalue weighted by Crippen LogP contribution is -2.34. The highest BCUT2D eigenvalue weighted by atomic mass is 16.4. The number of carbonyl (C=O) groups is 2. The van der Waals surface area contributed by atoms with Crippen molar-refractivity contribution in [3.63, 3.8) is 0 Å². The van der Waals surface area contributed by atoms with E-state index in [-0.39, 0.29) is 18.9 Å². The number of carbonyl (C=O) groups excluding carboxylic acids is 1. The highest BCUT2D eigenvalue weighted by Gasteiger charge is 2.06. The number of likely N-dealkylation sites (N-methyl/N-ethyl adjacent to an activating group) is 1. The van der Waals surface area contributed by atoms with Gasteiger partial charge in [0.2, 0.25) is 5.91 Å². The summed E-state index contributed by atoms with van der Waals surface area (Å²) in [6, 6.07) is 0. The van der Waals surface area contributed by atoms with Crippen molar-refractivity contribution in [3.8, 4) is 0 Å². The first kappa shape index (κ1) is 11.9. The number of amides is 1. The maximum atomic E-state index is 10.5. The Hall–Kier alpha value is -1.10. The zero-order valence-electron chi connectivity index (χ0n) is 7.82. The maximum absolute atomic E-state index is 10.5. The SMILES string of the molecule is CCN(CCCC(=O)O)CC(N)=O. The monoisotopic (exact) mass is 188 g/mol. The topological polar surface area (TPSA) is 83.6 Å². The van der Waals surface area contributed by atoms with Gasteiger partial charge in [-0.25, -0.2) is 0 Å². The molecule has 0 radical (unpaired) electrons. The second-order valence-electron chi connectivity index (χ2n) is 2.83. The average Bonchev–Trinajstić information content (AvgIpc) is 2.01. The third-order valence-electron chi connectivity index (χ3n) is 1.69. The van der Waals surface area contributed by atoms with E-state index in [1.165, 1.54) is 0 Å². The quantitative estimate of drug-likeness (QED) is 0.572. The molecular weight excluding hydrogens is 172 g/mol. The number of nitrogens with zero attached hydrogens (tertiary/aromatic N) is 1. The average molecular weight is 188 g/mol. The lowest BCUT2D eigenvalue weighted by atomic mass is 10.3. The van der Waals surface area contributed by atoms with Gasteiger partial charge in [-0.3, -0.25) is 14.5 Å². The smallest absolute Gasteiger partial charge is 0.303 e. The van der Waals surface area contributed by atoms with Gasteiger partial charge in [0, 0.05) is 6.42 Å². The van der Waals surface area contributed by atoms with Crippen LogP contribution in [0.2, 0.25) is 0 Å². The zero-order chi connectivity index (χ0) is 10.3. The predicted molar refractivity (Wildman–Crippen MR) is 48.2 cm³/mol. The number of primary amides is 1. The van der Waals surface area contributed by atoms with Gasteiger partial charge >= 0.3 is 5.97 Å². The highest BCUT2D eigenvalue weighted by Crippen LogP contribution is 1.94. The lowest BCUT2D eigenvalue weighted by Gasteiger charge is -2.17. The van der Waals surface area contributed by atoms with Gasteiger partial charge in [0.05, 0.1) is 6.54 Å². The largest absolute Gasteiger partial charge is 0.481 e. The number of carboxylic acids is 1. The number of hydrogen-bond acceptors (Lipinski definition) is 3. The van der Waals surface area contributed by atoms with Crippen LogP contribution < -0.4 is 5.73 Å². The first-order valence-corrected chi connectivity index (χ1v) is 4.28. The first-order valence-electron chi connectivity index (χ1n) is 4.28. The summed E-state index contributed by atoms with van der Waals surface area (Å²) in [5.41, 5.74) is 5.00. The molecule has 0 aromatic carbocycles. The molecule has 13 heavy (non-hydrogen) atoms. The molecule has 0 fully saturated rings. The van der Waals surface area contributed by atoms with E-state index in [0.29, 0.717) is 19.5 Å². The molecule has 0 rings (SSSR count). The fourth-order valence-electron chi connectivity index (χ4n) is 1.02. The molecular formula is C8H16N2O3. The summed E-state index contributed by atoms with van der Waals surface area (Å²) in [5.74, 6) is -1.19. The van der Waals surface area contributed by atoms with E-state index in [4.69, 9.17) is 10.8 Å². The molecule has 0 saturated heterocycles. The molecule has 5 nitrogen and oxygen atoms in total. The normalized spacial score (nSPS) is 10.3. The van der Waals surface area contributed by atoms with Crippen molar-refractivity contribution in [2.75, 3.05) is 19.6 Å². The Morgan fingerprint density at radius 3 is 2.46 bits per heavy atom. The van der Waals surface area contributed by atoms with E-state index in [0.717, 1.165) is 0 Å². The summed E-state index contributed by atoms with van der Waals surface area (Å²) in [7, 11) is 0. The molecule has 5 heteroatoms. The molecule has 1 amide bonds. The maximum Gasteiger partial charge on any atom is 0.303 e. The van der Waals surface area contributed by atoms with Gasteiger partial charge in [0.1, 0.15) is 0 Å². The van der Waals surface area contributed by atoms with Crippen LogP contribution in [0.5, 0.6) is 0 Å². The molecule has 0 aromatic rings. The van der Waals surface area contributed by atoms with Crippen LogP contribution in [0.25, 0.3) is 0 Å². The summed E-state index contributed by atoms with van der Waals surface area (Å²) >= 11 is 0. The Kier molecular flexibility index (Phi) is 5.88. The van der Waals surface area contributed by atoms with Crippen LogP contribution in [0.15, 0.2) is 0 Å². The van der Waals surface area contributed by atoms with Crippen molar-refractivity contribution in [2.45, 2.75) is 19.8 Å². The summed E-state index contributed by atoms with van der Waals surface area (Å²) in [6.07, 6.45) is 0.686. The van der Waals surface area contributed by atoms with E-state index >= 15 is 0 Å². The highest BCUT2D eigenvalue weighted by molar-refractivity contribution is 5.75. The summed E-state index contributed by atoms with van der Waals surface area (Å²) in [5, 5.41) is 8.37. The Morgan fingerprint density at radius 2 is 2.08 bits per heavy atom. The predicted octanol–water partition coefficient (Wildman–Crippen LogP) is -0.342. The molecule has 0 aliphatic carbocycles. The molecule has 0 unspecified atom stereocenters. The minimum atomic E-state index is -0.810. The molecule has 0 bridgehead atoms. The van der Waals surface area contributed by atoms with Crippen molar-refractivity contribution in [1.82, 2.24) is 4.90 Å². The molecule has 0 aliphatic rings. The van der Waals surface area contributed by atoms with Gasteiger partial charge in [0.25, 0.3) is 0 Å². The lowest BCUT2D eigenvalue weighted by molar-refractivity contribution is -0.137. The van der Waals surface area contributed by atoms with Gasteiger partial charge in [-0.1, -0.05) is 6.92 Å². The molecule has 0 aliphatic heterocycles. The van der Waals surface area contributed by atoms with E-state index in [1.54, 1.807) is 0 Å². The fraction of sp³-hybridized carbons (Fsp3) is 0.750. The van der Waals surface area contributed by atoms with Crippen LogP contribution in [-0.2, 0) is 9.59 Å². The Morgan fingerprint density at radius 1 is 1.46 bits per heavy atom. The van der Waals surface area contributed by atoms with Crippen LogP contribution in [-0.4, -0.2) is 41.5 Å². The van der Waals surface area contributed by atoms with Gasteiger partial charge in [-0.2, -0.15) is 0 Å². The van der Waals surface area contributed by atoms with Crippen molar-refractivity contribution in [1.29, 1.82) is 0 Å². The standard InChI is InChI=1S/C8H16N2O3/c1-2-10(6-7(9)11)5-3-4-8(12)13/h2-6H2,1H3,(H2,9,11)(H,12,13). The first-order chi connectivity index (χ1) is 6.06. The second kappa shape index (κ2) is 6.42. The van der Waals surface area contributed by atoms with E-state index in [9.17, 15) is 9.59 Å². The van der Waals surface area contributed by atoms with Crippen molar-refractivity contribution >= 4 is 11.9 Å². The van der Waals surface area contributed by atoms with Crippen molar-refractivity contribution in [2.24, 2.45) is 5.73 Å². The molecule has 0 heterocycles. The van der Waals surface area contributed by atoms with Crippen molar-refractivity contribution < 1.29 is 14.7 Å². The third kappa shape index (κ3) is 7.27. The van der Waals surface area contributed by atoms with E-state index < -0.39 is 5.97 Å². The summed E-state index contributed by atoms with van der Waals surface area (Å²) in [6.45, 7) is 3.42. The minimum Gasteiger partial charge on any atom is -0.481 e. The number of hydrogen-bond donors (Lipinski definition) is 2. The van der Waals surface area contributed by atoms with Crippen LogP contribution in [0, 0.1) is 0 Å². The third-order valence-corrected chi connectivity index (χ3v) is 1.69. The molecule has 0 saturated carbocycles. The second-order valence-corrected chi connectivity index (χ2v) is 2.83. The Bertz CT molecular complexity index is 182. The van der Waals surface area contributed by atoms with Crippen LogP contribution in [0.4, 0.5) is 0 Å².